The van der Waals surface area contributed by atoms with E-state index in [-0.39, 0.29) is 31.0 Å². The molecule has 0 aliphatic heterocycles. The SMILES string of the molecule is C=CC(=O)OC(CCCCCC)COc1c2c(c(OCC(CCCCCC)OC(=O)C=C)c3ccccc13)CC(S(=O)(=O)O)=CC2. The maximum absolute atomic E-state index is 12.2. The molecule has 0 amide bonds. The van der Waals surface area contributed by atoms with Crippen LogP contribution in [0.1, 0.15) is 89.2 Å². The molecule has 0 heterocycles. The Morgan fingerprint density at radius 1 is 0.804 bits per heavy atom. The number of carbonyl (C=O) groups is 2. The summed E-state index contributed by atoms with van der Waals surface area (Å²) >= 11 is 0. The second-order valence-electron chi connectivity index (χ2n) is 11.5. The third-order valence-corrected chi connectivity index (χ3v) is 9.00. The van der Waals surface area contributed by atoms with Crippen LogP contribution < -0.4 is 9.47 Å². The van der Waals surface area contributed by atoms with E-state index in [1.807, 2.05) is 24.3 Å². The first-order valence-electron chi connectivity index (χ1n) is 16.3. The molecule has 0 fully saturated rings. The maximum Gasteiger partial charge on any atom is 0.330 e. The van der Waals surface area contributed by atoms with E-state index in [0.29, 0.717) is 40.9 Å². The smallest absolute Gasteiger partial charge is 0.330 e. The van der Waals surface area contributed by atoms with Crippen molar-refractivity contribution >= 4 is 32.8 Å². The molecule has 3 rings (SSSR count). The first-order chi connectivity index (χ1) is 22.1. The van der Waals surface area contributed by atoms with Crippen LogP contribution in [0.5, 0.6) is 11.5 Å². The fraction of sp³-hybridized carbons (Fsp3) is 0.500. The summed E-state index contributed by atoms with van der Waals surface area (Å²) in [6.07, 6.45) is 12.0. The summed E-state index contributed by atoms with van der Waals surface area (Å²) < 4.78 is 58.5. The minimum Gasteiger partial charge on any atom is -0.489 e. The van der Waals surface area contributed by atoms with Crippen molar-refractivity contribution in [2.75, 3.05) is 13.2 Å². The molecule has 2 aromatic carbocycles. The van der Waals surface area contributed by atoms with Gasteiger partial charge in [0.1, 0.15) is 36.9 Å². The lowest BCUT2D eigenvalue weighted by atomic mass is 9.90. The van der Waals surface area contributed by atoms with Gasteiger partial charge in [-0.15, -0.1) is 0 Å². The van der Waals surface area contributed by atoms with Crippen molar-refractivity contribution < 1.29 is 41.5 Å². The predicted molar refractivity (Wildman–Crippen MR) is 180 cm³/mol. The molecule has 2 unspecified atom stereocenters. The maximum atomic E-state index is 12.2. The molecular weight excluding hydrogens is 608 g/mol. The van der Waals surface area contributed by atoms with Crippen molar-refractivity contribution in [3.8, 4) is 11.5 Å². The van der Waals surface area contributed by atoms with Crippen LogP contribution in [0.3, 0.4) is 0 Å². The number of unbranched alkanes of at least 4 members (excludes halogenated alkanes) is 6. The summed E-state index contributed by atoms with van der Waals surface area (Å²) in [5.41, 5.74) is 1.27. The van der Waals surface area contributed by atoms with Crippen LogP contribution in [0.4, 0.5) is 0 Å². The van der Waals surface area contributed by atoms with Crippen LogP contribution in [-0.4, -0.2) is 50.3 Å². The van der Waals surface area contributed by atoms with Crippen molar-refractivity contribution in [3.63, 3.8) is 0 Å². The fourth-order valence-electron chi connectivity index (χ4n) is 5.60. The van der Waals surface area contributed by atoms with Gasteiger partial charge in [0.05, 0.1) is 4.91 Å². The van der Waals surface area contributed by atoms with Crippen LogP contribution in [0.15, 0.2) is 60.6 Å². The van der Waals surface area contributed by atoms with Gasteiger partial charge in [0.2, 0.25) is 0 Å². The van der Waals surface area contributed by atoms with Crippen LogP contribution >= 0.6 is 0 Å². The zero-order valence-corrected chi connectivity index (χ0v) is 27.9. The van der Waals surface area contributed by atoms with Gasteiger partial charge < -0.3 is 18.9 Å². The van der Waals surface area contributed by atoms with E-state index in [1.165, 1.54) is 6.08 Å². The summed E-state index contributed by atoms with van der Waals surface area (Å²) in [6, 6.07) is 7.47. The molecule has 9 nitrogen and oxygen atoms in total. The monoisotopic (exact) mass is 656 g/mol. The van der Waals surface area contributed by atoms with E-state index in [2.05, 4.69) is 27.0 Å². The Morgan fingerprint density at radius 3 is 1.72 bits per heavy atom. The Labute approximate surface area is 273 Å². The highest BCUT2D eigenvalue weighted by Crippen LogP contribution is 2.45. The number of benzene rings is 2. The Kier molecular flexibility index (Phi) is 14.8. The highest BCUT2D eigenvalue weighted by atomic mass is 32.2. The number of allylic oxidation sites excluding steroid dienone is 2. The van der Waals surface area contributed by atoms with Crippen LogP contribution in [0.25, 0.3) is 10.8 Å². The molecule has 2 atom stereocenters. The molecule has 252 valence electrons. The zero-order chi connectivity index (χ0) is 33.5. The predicted octanol–water partition coefficient (Wildman–Crippen LogP) is 7.60. The summed E-state index contributed by atoms with van der Waals surface area (Å²) in [5.74, 6) is -0.0970. The molecular formula is C36H48O9S. The molecule has 46 heavy (non-hydrogen) atoms. The average Bonchev–Trinajstić information content (AvgIpc) is 3.05. The van der Waals surface area contributed by atoms with E-state index in [4.69, 9.17) is 18.9 Å². The molecule has 0 saturated heterocycles. The first-order valence-corrected chi connectivity index (χ1v) is 17.7. The lowest BCUT2D eigenvalue weighted by Crippen LogP contribution is -2.26. The Morgan fingerprint density at radius 2 is 1.28 bits per heavy atom. The van der Waals surface area contributed by atoms with Crippen LogP contribution in [-0.2, 0) is 42.0 Å². The number of esters is 2. The van der Waals surface area contributed by atoms with Gasteiger partial charge in [-0.3, -0.25) is 4.55 Å². The standard InChI is InChI=1S/C36H48O9S/c1-5-9-11-13-17-26(44-33(37)7-3)24-42-35-29-19-15-16-20-30(29)36(32-23-28(46(39,40)41)21-22-31(32)35)43-25-27(45-34(38)8-4)18-14-12-10-6-2/h7-8,15-16,19-21,26-27H,3-6,9-14,17-18,22-25H2,1-2H3,(H,39,40,41). The molecule has 1 aliphatic rings. The second-order valence-corrected chi connectivity index (χ2v) is 13.0. The molecule has 0 spiro atoms. The van der Waals surface area contributed by atoms with Crippen molar-refractivity contribution in [1.29, 1.82) is 0 Å². The fourth-order valence-corrected chi connectivity index (χ4v) is 6.22. The number of carbonyl (C=O) groups excluding carboxylic acids is 2. The first kappa shape index (κ1) is 36.8. The number of rotatable bonds is 21. The Balaban J connectivity index is 2.01. The summed E-state index contributed by atoms with van der Waals surface area (Å²) in [4.78, 5) is 24.1. The quantitative estimate of drug-likeness (QED) is 0.0626. The van der Waals surface area contributed by atoms with E-state index < -0.39 is 34.3 Å². The van der Waals surface area contributed by atoms with Gasteiger partial charge in [-0.1, -0.05) is 95.9 Å². The van der Waals surface area contributed by atoms with Gasteiger partial charge >= 0.3 is 11.9 Å². The number of hydrogen-bond acceptors (Lipinski definition) is 8. The minimum absolute atomic E-state index is 0.0462. The van der Waals surface area contributed by atoms with Crippen LogP contribution in [0.2, 0.25) is 0 Å². The topological polar surface area (TPSA) is 125 Å². The van der Waals surface area contributed by atoms with Crippen molar-refractivity contribution in [2.24, 2.45) is 0 Å². The van der Waals surface area contributed by atoms with Crippen LogP contribution in [0, 0.1) is 0 Å². The molecule has 0 radical (unpaired) electrons. The molecule has 2 aromatic rings. The van der Waals surface area contributed by atoms with E-state index in [0.717, 1.165) is 68.9 Å². The number of hydrogen-bond donors (Lipinski definition) is 1. The van der Waals surface area contributed by atoms with Crippen molar-refractivity contribution in [1.82, 2.24) is 0 Å². The third-order valence-electron chi connectivity index (χ3n) is 8.03. The van der Waals surface area contributed by atoms with E-state index >= 15 is 0 Å². The highest BCUT2D eigenvalue weighted by molar-refractivity contribution is 7.89. The van der Waals surface area contributed by atoms with Gasteiger partial charge in [0.25, 0.3) is 10.1 Å². The molecule has 0 saturated carbocycles. The van der Waals surface area contributed by atoms with Crippen molar-refractivity contribution in [3.05, 3.63) is 71.7 Å². The molecule has 10 heteroatoms. The number of fused-ring (bicyclic) bond motifs is 2. The van der Waals surface area contributed by atoms with Gasteiger partial charge in [-0.2, -0.15) is 8.42 Å². The Hall–Kier alpha value is -3.63. The van der Waals surface area contributed by atoms with E-state index in [1.54, 1.807) is 0 Å². The average molecular weight is 657 g/mol. The molecule has 0 bridgehead atoms. The Bertz CT molecular complexity index is 1490. The van der Waals surface area contributed by atoms with Gasteiger partial charge in [0.15, 0.2) is 0 Å². The summed E-state index contributed by atoms with van der Waals surface area (Å²) in [5, 5.41) is 1.41. The summed E-state index contributed by atoms with van der Waals surface area (Å²) in [7, 11) is -4.46. The highest BCUT2D eigenvalue weighted by Gasteiger charge is 2.29. The minimum atomic E-state index is -4.46. The van der Waals surface area contributed by atoms with E-state index in [9.17, 15) is 22.6 Å². The van der Waals surface area contributed by atoms with Gasteiger partial charge in [-0.05, 0) is 32.1 Å². The molecule has 0 aromatic heterocycles. The second kappa shape index (κ2) is 18.5. The zero-order valence-electron chi connectivity index (χ0n) is 27.1. The van der Waals surface area contributed by atoms with Crippen molar-refractivity contribution in [2.45, 2.75) is 103 Å². The molecule has 1 aliphatic carbocycles. The third kappa shape index (κ3) is 10.7. The van der Waals surface area contributed by atoms with Gasteiger partial charge in [0, 0.05) is 40.5 Å². The lowest BCUT2D eigenvalue weighted by molar-refractivity contribution is -0.145. The largest absolute Gasteiger partial charge is 0.489 e. The normalized spacial score (nSPS) is 14.0. The van der Waals surface area contributed by atoms with Gasteiger partial charge in [-0.25, -0.2) is 9.59 Å². The molecule has 1 N–H and O–H groups in total. The summed E-state index contributed by atoms with van der Waals surface area (Å²) in [6.45, 7) is 11.4. The number of ether oxygens (including phenoxy) is 4. The lowest BCUT2D eigenvalue weighted by Gasteiger charge is -2.27.